The average molecular weight is 365 g/mol. The number of benzene rings is 3. The summed E-state index contributed by atoms with van der Waals surface area (Å²) in [4.78, 5) is 24.0. The Morgan fingerprint density at radius 3 is 2.46 bits per heavy atom. The molecule has 0 aromatic heterocycles. The van der Waals surface area contributed by atoms with Crippen LogP contribution in [0.1, 0.15) is 11.1 Å². The van der Waals surface area contributed by atoms with E-state index in [1.165, 1.54) is 6.08 Å². The van der Waals surface area contributed by atoms with Crippen molar-refractivity contribution in [3.8, 4) is 0 Å². The number of rotatable bonds is 4. The maximum atomic E-state index is 12.1. The molecule has 4 nitrogen and oxygen atoms in total. The topological polar surface area (TPSA) is 58.2 Å². The Hall–Kier alpha value is -3.11. The molecular formula is C21H17ClN2O2. The van der Waals surface area contributed by atoms with Gasteiger partial charge in [0, 0.05) is 11.1 Å². The Morgan fingerprint density at radius 1 is 0.885 bits per heavy atom. The molecule has 0 heterocycles. The largest absolute Gasteiger partial charge is 0.273 e. The molecule has 3 aromatic rings. The van der Waals surface area contributed by atoms with Crippen molar-refractivity contribution >= 4 is 40.3 Å². The van der Waals surface area contributed by atoms with Gasteiger partial charge in [0.15, 0.2) is 0 Å². The molecule has 2 amide bonds. The first-order valence-corrected chi connectivity index (χ1v) is 8.49. The molecule has 0 fully saturated rings. The zero-order valence-electron chi connectivity index (χ0n) is 13.9. The first-order chi connectivity index (χ1) is 12.6. The number of nitrogens with one attached hydrogen (secondary N) is 2. The number of fused-ring (bicyclic) bond motifs is 1. The van der Waals surface area contributed by atoms with Crippen molar-refractivity contribution in [3.05, 3.63) is 89.0 Å². The van der Waals surface area contributed by atoms with Crippen LogP contribution in [0, 0.1) is 0 Å². The number of hydrogen-bond acceptors (Lipinski definition) is 2. The molecule has 3 aromatic carbocycles. The van der Waals surface area contributed by atoms with E-state index in [0.717, 1.165) is 21.9 Å². The molecule has 0 saturated carbocycles. The summed E-state index contributed by atoms with van der Waals surface area (Å²) >= 11 is 6.02. The van der Waals surface area contributed by atoms with Crippen LogP contribution in [0.5, 0.6) is 0 Å². The summed E-state index contributed by atoms with van der Waals surface area (Å²) in [6.45, 7) is 0. The molecule has 0 spiro atoms. The summed E-state index contributed by atoms with van der Waals surface area (Å²) in [7, 11) is 0. The molecule has 26 heavy (non-hydrogen) atoms. The normalized spacial score (nSPS) is 10.8. The molecule has 0 aliphatic rings. The summed E-state index contributed by atoms with van der Waals surface area (Å²) in [5, 5.41) is 2.65. The van der Waals surface area contributed by atoms with Crippen LogP contribution in [0.3, 0.4) is 0 Å². The number of hydrogen-bond donors (Lipinski definition) is 2. The molecule has 0 radical (unpaired) electrons. The van der Waals surface area contributed by atoms with Gasteiger partial charge in [-0.1, -0.05) is 72.3 Å². The van der Waals surface area contributed by atoms with Gasteiger partial charge in [0.2, 0.25) is 5.91 Å². The highest BCUT2D eigenvalue weighted by Gasteiger charge is 2.07. The third-order valence-corrected chi connectivity index (χ3v) is 4.22. The number of halogens is 1. The maximum absolute atomic E-state index is 12.1. The van der Waals surface area contributed by atoms with Crippen molar-refractivity contribution in [3.63, 3.8) is 0 Å². The van der Waals surface area contributed by atoms with E-state index in [-0.39, 0.29) is 12.3 Å². The Bertz CT molecular complexity index is 977. The summed E-state index contributed by atoms with van der Waals surface area (Å²) in [6.07, 6.45) is 3.09. The van der Waals surface area contributed by atoms with Crippen LogP contribution in [0.2, 0.25) is 5.02 Å². The highest BCUT2D eigenvalue weighted by molar-refractivity contribution is 6.32. The predicted molar refractivity (Wildman–Crippen MR) is 104 cm³/mol. The van der Waals surface area contributed by atoms with E-state index in [1.807, 2.05) is 54.6 Å². The highest BCUT2D eigenvalue weighted by atomic mass is 35.5. The van der Waals surface area contributed by atoms with Gasteiger partial charge < -0.3 is 0 Å². The molecule has 0 atom stereocenters. The molecule has 0 aliphatic heterocycles. The number of hydrazine groups is 1. The number of amides is 2. The lowest BCUT2D eigenvalue weighted by Crippen LogP contribution is -2.41. The summed E-state index contributed by atoms with van der Waals surface area (Å²) in [5.74, 6) is -0.725. The van der Waals surface area contributed by atoms with E-state index < -0.39 is 5.91 Å². The van der Waals surface area contributed by atoms with Gasteiger partial charge in [0.05, 0.1) is 6.42 Å². The van der Waals surface area contributed by atoms with Crippen LogP contribution < -0.4 is 10.9 Å². The Labute approximate surface area is 156 Å². The van der Waals surface area contributed by atoms with Crippen LogP contribution in [-0.4, -0.2) is 11.8 Å². The zero-order chi connectivity index (χ0) is 18.4. The van der Waals surface area contributed by atoms with Crippen molar-refractivity contribution in [2.75, 3.05) is 0 Å². The van der Waals surface area contributed by atoms with Crippen molar-refractivity contribution in [1.29, 1.82) is 0 Å². The standard InChI is InChI=1S/C21H17ClN2O2/c22-19-11-4-2-7-16(19)12-13-20(25)23-24-21(26)14-17-9-5-8-15-6-1-3-10-18(15)17/h1-13H,14H2,(H,23,25)(H,24,26). The summed E-state index contributed by atoms with van der Waals surface area (Å²) < 4.78 is 0. The van der Waals surface area contributed by atoms with E-state index in [0.29, 0.717) is 5.02 Å². The van der Waals surface area contributed by atoms with Gasteiger partial charge in [-0.25, -0.2) is 0 Å². The minimum absolute atomic E-state index is 0.176. The summed E-state index contributed by atoms with van der Waals surface area (Å²) in [6, 6.07) is 20.9. The van der Waals surface area contributed by atoms with Crippen molar-refractivity contribution in [2.45, 2.75) is 6.42 Å². The fourth-order valence-corrected chi connectivity index (χ4v) is 2.81. The van der Waals surface area contributed by atoms with Gasteiger partial charge in [-0.2, -0.15) is 0 Å². The first kappa shape index (κ1) is 17.7. The smallest absolute Gasteiger partial charge is 0.262 e. The van der Waals surface area contributed by atoms with Crippen molar-refractivity contribution in [1.82, 2.24) is 10.9 Å². The Kier molecular flexibility index (Phi) is 5.66. The SMILES string of the molecule is O=C(C=Cc1ccccc1Cl)NNC(=O)Cc1cccc2ccccc12. The molecule has 0 saturated heterocycles. The fourth-order valence-electron chi connectivity index (χ4n) is 2.61. The Balaban J connectivity index is 1.57. The quantitative estimate of drug-likeness (QED) is 0.545. The van der Waals surface area contributed by atoms with E-state index in [1.54, 1.807) is 18.2 Å². The van der Waals surface area contributed by atoms with Crippen LogP contribution in [0.4, 0.5) is 0 Å². The predicted octanol–water partition coefficient (Wildman–Crippen LogP) is 3.90. The average Bonchev–Trinajstić information content (AvgIpc) is 2.66. The molecule has 5 heteroatoms. The zero-order valence-corrected chi connectivity index (χ0v) is 14.7. The highest BCUT2D eigenvalue weighted by Crippen LogP contribution is 2.19. The van der Waals surface area contributed by atoms with Gasteiger partial charge >= 0.3 is 0 Å². The lowest BCUT2D eigenvalue weighted by molar-refractivity contribution is -0.126. The molecule has 2 N–H and O–H groups in total. The van der Waals surface area contributed by atoms with Crippen LogP contribution in [0.25, 0.3) is 16.8 Å². The molecule has 3 rings (SSSR count). The molecule has 0 bridgehead atoms. The minimum Gasteiger partial charge on any atom is -0.273 e. The van der Waals surface area contributed by atoms with Crippen molar-refractivity contribution in [2.24, 2.45) is 0 Å². The number of carbonyl (C=O) groups excluding carboxylic acids is 2. The summed E-state index contributed by atoms with van der Waals surface area (Å²) in [5.41, 5.74) is 6.43. The lowest BCUT2D eigenvalue weighted by atomic mass is 10.0. The van der Waals surface area contributed by atoms with Gasteiger partial charge in [0.1, 0.15) is 0 Å². The Morgan fingerprint density at radius 2 is 1.62 bits per heavy atom. The fraction of sp³-hybridized carbons (Fsp3) is 0.0476. The van der Waals surface area contributed by atoms with E-state index in [2.05, 4.69) is 10.9 Å². The van der Waals surface area contributed by atoms with E-state index in [4.69, 9.17) is 11.6 Å². The lowest BCUT2D eigenvalue weighted by Gasteiger charge is -2.08. The monoisotopic (exact) mass is 364 g/mol. The third-order valence-electron chi connectivity index (χ3n) is 3.88. The van der Waals surface area contributed by atoms with Gasteiger partial charge in [0.25, 0.3) is 5.91 Å². The van der Waals surface area contributed by atoms with Crippen molar-refractivity contribution < 1.29 is 9.59 Å². The molecular weight excluding hydrogens is 348 g/mol. The molecule has 130 valence electrons. The second-order valence-electron chi connectivity index (χ2n) is 5.71. The second-order valence-corrected chi connectivity index (χ2v) is 6.11. The minimum atomic E-state index is -0.434. The van der Waals surface area contributed by atoms with Crippen LogP contribution in [-0.2, 0) is 16.0 Å². The number of carbonyl (C=O) groups is 2. The van der Waals surface area contributed by atoms with Crippen LogP contribution in [0.15, 0.2) is 72.8 Å². The van der Waals surface area contributed by atoms with Gasteiger partial charge in [-0.15, -0.1) is 0 Å². The third kappa shape index (κ3) is 4.49. The van der Waals surface area contributed by atoms with E-state index >= 15 is 0 Å². The van der Waals surface area contributed by atoms with Gasteiger partial charge in [-0.3, -0.25) is 20.4 Å². The first-order valence-electron chi connectivity index (χ1n) is 8.11. The van der Waals surface area contributed by atoms with E-state index in [9.17, 15) is 9.59 Å². The maximum Gasteiger partial charge on any atom is 0.262 e. The molecule has 0 aliphatic carbocycles. The van der Waals surface area contributed by atoms with Crippen LogP contribution >= 0.6 is 11.6 Å². The second kappa shape index (κ2) is 8.32. The van der Waals surface area contributed by atoms with Gasteiger partial charge in [-0.05, 0) is 34.0 Å². The molecule has 0 unspecified atom stereocenters.